The molecule has 0 amide bonds. The highest BCUT2D eigenvalue weighted by atomic mass is 32.2. The van der Waals surface area contributed by atoms with E-state index in [4.69, 9.17) is 4.74 Å². The number of ether oxygens (including phenoxy) is 1. The van der Waals surface area contributed by atoms with Gasteiger partial charge in [0.05, 0.1) is 11.1 Å². The Morgan fingerprint density at radius 2 is 2.00 bits per heavy atom. The van der Waals surface area contributed by atoms with Gasteiger partial charge in [0.1, 0.15) is 12.4 Å². The fraction of sp³-hybridized carbons (Fsp3) is 0.267. The quantitative estimate of drug-likeness (QED) is 0.823. The van der Waals surface area contributed by atoms with Crippen molar-refractivity contribution < 1.29 is 9.84 Å². The summed E-state index contributed by atoms with van der Waals surface area (Å²) >= 11 is 1.53. The lowest BCUT2D eigenvalue weighted by atomic mass is 10.2. The number of benzene rings is 1. The molecule has 0 unspecified atom stereocenters. The first kappa shape index (κ1) is 13.9. The van der Waals surface area contributed by atoms with Gasteiger partial charge >= 0.3 is 0 Å². The second-order valence-electron chi connectivity index (χ2n) is 4.26. The number of pyridine rings is 1. The van der Waals surface area contributed by atoms with Crippen LogP contribution in [-0.4, -0.2) is 28.6 Å². The molecule has 0 aliphatic carbocycles. The molecule has 0 saturated heterocycles. The maximum atomic E-state index is 9.85. The topological polar surface area (TPSA) is 42.4 Å². The van der Waals surface area contributed by atoms with Crippen molar-refractivity contribution in [3.05, 3.63) is 54.2 Å². The molecular formula is C15H17NO2S. The average Bonchev–Trinajstić information content (AvgIpc) is 2.45. The van der Waals surface area contributed by atoms with Gasteiger partial charge in [-0.25, -0.2) is 4.98 Å². The zero-order chi connectivity index (χ0) is 13.5. The van der Waals surface area contributed by atoms with E-state index >= 15 is 0 Å². The first-order valence-corrected chi connectivity index (χ1v) is 7.14. The Kier molecular flexibility index (Phi) is 5.24. The molecule has 0 fully saturated rings. The summed E-state index contributed by atoms with van der Waals surface area (Å²) in [4.78, 5) is 4.19. The lowest BCUT2D eigenvalue weighted by molar-refractivity contribution is 0.126. The van der Waals surface area contributed by atoms with Crippen molar-refractivity contribution in [2.75, 3.05) is 12.4 Å². The molecule has 0 bridgehead atoms. The van der Waals surface area contributed by atoms with Crippen LogP contribution in [0.25, 0.3) is 0 Å². The summed E-state index contributed by atoms with van der Waals surface area (Å²) in [6, 6.07) is 13.5. The van der Waals surface area contributed by atoms with Crippen LogP contribution in [0.15, 0.2) is 53.7 Å². The lowest BCUT2D eigenvalue weighted by Gasteiger charge is -2.12. The predicted octanol–water partition coefficient (Wildman–Crippen LogP) is 2.92. The van der Waals surface area contributed by atoms with Gasteiger partial charge in [0, 0.05) is 11.9 Å². The Morgan fingerprint density at radius 3 is 2.68 bits per heavy atom. The Hall–Kier alpha value is -1.52. The number of rotatable bonds is 6. The molecule has 3 nitrogen and oxygen atoms in total. The SMILES string of the molecule is Cc1ccc(OC[C@H](O)CSc2ccccn2)cc1. The van der Waals surface area contributed by atoms with Crippen LogP contribution < -0.4 is 4.74 Å². The van der Waals surface area contributed by atoms with Crippen LogP contribution in [0, 0.1) is 6.92 Å². The summed E-state index contributed by atoms with van der Waals surface area (Å²) in [5, 5.41) is 10.8. The molecule has 2 aromatic rings. The monoisotopic (exact) mass is 275 g/mol. The molecule has 4 heteroatoms. The minimum Gasteiger partial charge on any atom is -0.491 e. The van der Waals surface area contributed by atoms with Crippen LogP contribution in [0.2, 0.25) is 0 Å². The molecule has 1 N–H and O–H groups in total. The first-order valence-electron chi connectivity index (χ1n) is 6.15. The maximum Gasteiger partial charge on any atom is 0.119 e. The average molecular weight is 275 g/mol. The van der Waals surface area contributed by atoms with Crippen LogP contribution in [0.3, 0.4) is 0 Å². The molecule has 1 aromatic heterocycles. The molecule has 0 spiro atoms. The van der Waals surface area contributed by atoms with Gasteiger partial charge in [-0.2, -0.15) is 0 Å². The molecule has 19 heavy (non-hydrogen) atoms. The van der Waals surface area contributed by atoms with Gasteiger partial charge in [-0.1, -0.05) is 23.8 Å². The van der Waals surface area contributed by atoms with Gasteiger partial charge < -0.3 is 9.84 Å². The van der Waals surface area contributed by atoms with Gasteiger partial charge in [-0.05, 0) is 31.2 Å². The fourth-order valence-electron chi connectivity index (χ4n) is 1.49. The third-order valence-corrected chi connectivity index (χ3v) is 3.61. The van der Waals surface area contributed by atoms with E-state index in [-0.39, 0.29) is 0 Å². The largest absolute Gasteiger partial charge is 0.491 e. The minimum absolute atomic E-state index is 0.295. The van der Waals surface area contributed by atoms with Crippen molar-refractivity contribution >= 4 is 11.8 Å². The van der Waals surface area contributed by atoms with E-state index in [9.17, 15) is 5.11 Å². The van der Waals surface area contributed by atoms with E-state index in [1.54, 1.807) is 6.20 Å². The second-order valence-corrected chi connectivity index (χ2v) is 5.30. The standard InChI is InChI=1S/C15H17NO2S/c1-12-5-7-14(8-6-12)18-10-13(17)11-19-15-4-2-3-9-16-15/h2-9,13,17H,10-11H2,1H3/t13-/m0/s1. The summed E-state index contributed by atoms with van der Waals surface area (Å²) in [5.74, 6) is 1.36. The van der Waals surface area contributed by atoms with Gasteiger partial charge in [-0.15, -0.1) is 11.8 Å². The third kappa shape index (κ3) is 4.93. The van der Waals surface area contributed by atoms with Crippen molar-refractivity contribution in [2.24, 2.45) is 0 Å². The van der Waals surface area contributed by atoms with Crippen molar-refractivity contribution in [3.8, 4) is 5.75 Å². The lowest BCUT2D eigenvalue weighted by Crippen LogP contribution is -2.20. The van der Waals surface area contributed by atoms with E-state index in [0.29, 0.717) is 12.4 Å². The number of hydrogen-bond donors (Lipinski definition) is 1. The molecule has 1 atom stereocenters. The summed E-state index contributed by atoms with van der Waals surface area (Å²) in [7, 11) is 0. The van der Waals surface area contributed by atoms with Crippen LogP contribution >= 0.6 is 11.8 Å². The van der Waals surface area contributed by atoms with Crippen LogP contribution in [-0.2, 0) is 0 Å². The summed E-state index contributed by atoms with van der Waals surface area (Å²) in [6.07, 6.45) is 1.24. The van der Waals surface area contributed by atoms with E-state index < -0.39 is 6.10 Å². The van der Waals surface area contributed by atoms with Crippen molar-refractivity contribution in [1.29, 1.82) is 0 Å². The number of aliphatic hydroxyl groups excluding tert-OH is 1. The van der Waals surface area contributed by atoms with Gasteiger partial charge in [-0.3, -0.25) is 0 Å². The van der Waals surface area contributed by atoms with Crippen molar-refractivity contribution in [2.45, 2.75) is 18.1 Å². The number of aryl methyl sites for hydroxylation is 1. The Morgan fingerprint density at radius 1 is 1.21 bits per heavy atom. The number of nitrogens with zero attached hydrogens (tertiary/aromatic N) is 1. The predicted molar refractivity (Wildman–Crippen MR) is 77.6 cm³/mol. The van der Waals surface area contributed by atoms with Gasteiger partial charge in [0.25, 0.3) is 0 Å². The van der Waals surface area contributed by atoms with Crippen LogP contribution in [0.1, 0.15) is 5.56 Å². The fourth-order valence-corrected chi connectivity index (χ4v) is 2.26. The molecular weight excluding hydrogens is 258 g/mol. The second kappa shape index (κ2) is 7.16. The van der Waals surface area contributed by atoms with E-state index in [1.165, 1.54) is 17.3 Å². The molecule has 2 rings (SSSR count). The van der Waals surface area contributed by atoms with E-state index in [2.05, 4.69) is 4.98 Å². The van der Waals surface area contributed by atoms with Crippen molar-refractivity contribution in [3.63, 3.8) is 0 Å². The molecule has 1 heterocycles. The van der Waals surface area contributed by atoms with Crippen LogP contribution in [0.5, 0.6) is 5.75 Å². The Labute approximate surface area is 117 Å². The molecule has 100 valence electrons. The molecule has 0 radical (unpaired) electrons. The Balaban J connectivity index is 1.72. The molecule has 0 aliphatic heterocycles. The molecule has 1 aromatic carbocycles. The zero-order valence-electron chi connectivity index (χ0n) is 10.8. The zero-order valence-corrected chi connectivity index (χ0v) is 11.6. The maximum absolute atomic E-state index is 9.85. The normalized spacial score (nSPS) is 12.1. The summed E-state index contributed by atoms with van der Waals surface area (Å²) < 4.78 is 5.53. The number of thioether (sulfide) groups is 1. The molecule has 0 saturated carbocycles. The molecule has 0 aliphatic rings. The van der Waals surface area contributed by atoms with Gasteiger partial charge in [0.2, 0.25) is 0 Å². The number of hydrogen-bond acceptors (Lipinski definition) is 4. The number of aliphatic hydroxyl groups is 1. The van der Waals surface area contributed by atoms with Gasteiger partial charge in [0.15, 0.2) is 0 Å². The number of aromatic nitrogens is 1. The highest BCUT2D eigenvalue weighted by molar-refractivity contribution is 7.99. The smallest absolute Gasteiger partial charge is 0.119 e. The summed E-state index contributed by atoms with van der Waals surface area (Å²) in [6.45, 7) is 2.32. The van der Waals surface area contributed by atoms with Crippen LogP contribution in [0.4, 0.5) is 0 Å². The minimum atomic E-state index is -0.506. The summed E-state index contributed by atoms with van der Waals surface area (Å²) in [5.41, 5.74) is 1.19. The van der Waals surface area contributed by atoms with E-state index in [0.717, 1.165) is 10.8 Å². The van der Waals surface area contributed by atoms with Crippen molar-refractivity contribution in [1.82, 2.24) is 4.98 Å². The Bertz CT molecular complexity index is 487. The first-order chi connectivity index (χ1) is 9.24. The van der Waals surface area contributed by atoms with E-state index in [1.807, 2.05) is 49.4 Å². The third-order valence-electron chi connectivity index (χ3n) is 2.52. The highest BCUT2D eigenvalue weighted by Crippen LogP contribution is 2.16. The highest BCUT2D eigenvalue weighted by Gasteiger charge is 2.06.